The molecule has 216 valence electrons. The Morgan fingerprint density at radius 2 is 1.43 bits per heavy atom. The molecule has 1 unspecified atom stereocenters. The molecule has 5 aromatic carbocycles. The molecular weight excluding hydrogens is 560 g/mol. The minimum atomic E-state index is 0.0910. The molecule has 0 amide bonds. The highest BCUT2D eigenvalue weighted by Gasteiger charge is 2.19. The molecule has 46 heavy (non-hydrogen) atoms. The molecule has 0 aliphatic carbocycles. The first-order chi connectivity index (χ1) is 22.8. The van der Waals surface area contributed by atoms with Crippen molar-refractivity contribution in [1.82, 2.24) is 15.0 Å². The van der Waals surface area contributed by atoms with E-state index in [0.717, 1.165) is 61.0 Å². The van der Waals surface area contributed by atoms with Crippen molar-refractivity contribution in [3.8, 4) is 33.6 Å². The van der Waals surface area contributed by atoms with Gasteiger partial charge in [-0.25, -0.2) is 9.97 Å². The van der Waals surface area contributed by atoms with Crippen molar-refractivity contribution >= 4 is 44.3 Å². The van der Waals surface area contributed by atoms with Gasteiger partial charge < -0.3 is 5.32 Å². The van der Waals surface area contributed by atoms with Gasteiger partial charge in [0.25, 0.3) is 0 Å². The molecule has 1 atom stereocenters. The molecule has 8 aromatic rings. The second-order valence-electron chi connectivity index (χ2n) is 11.7. The predicted molar refractivity (Wildman–Crippen MR) is 190 cm³/mol. The third kappa shape index (κ3) is 4.42. The molecule has 0 spiro atoms. The average Bonchev–Trinajstić information content (AvgIpc) is 3.14. The number of hydrogen-bond acceptors (Lipinski definition) is 4. The Kier molecular flexibility index (Phi) is 6.17. The molecule has 0 saturated heterocycles. The van der Waals surface area contributed by atoms with E-state index >= 15 is 0 Å². The number of fused-ring (bicyclic) bond motifs is 6. The van der Waals surface area contributed by atoms with E-state index in [4.69, 9.17) is 9.97 Å². The van der Waals surface area contributed by atoms with E-state index in [1.165, 1.54) is 22.1 Å². The zero-order chi connectivity index (χ0) is 30.5. The number of pyridine rings is 3. The molecule has 4 heteroatoms. The maximum Gasteiger partial charge on any atom is 0.0947 e. The second-order valence-corrected chi connectivity index (χ2v) is 11.7. The topological polar surface area (TPSA) is 50.7 Å². The summed E-state index contributed by atoms with van der Waals surface area (Å²) in [6, 6.07) is 46.9. The maximum atomic E-state index is 5.29. The summed E-state index contributed by atoms with van der Waals surface area (Å²) in [5.41, 5.74) is 11.6. The summed E-state index contributed by atoms with van der Waals surface area (Å²) in [4.78, 5) is 14.9. The van der Waals surface area contributed by atoms with Gasteiger partial charge in [-0.15, -0.1) is 0 Å². The number of nitrogens with zero attached hydrogens (tertiary/aromatic N) is 3. The first-order valence-corrected chi connectivity index (χ1v) is 15.6. The van der Waals surface area contributed by atoms with Crippen LogP contribution in [-0.2, 0) is 0 Å². The lowest BCUT2D eigenvalue weighted by Gasteiger charge is -2.24. The van der Waals surface area contributed by atoms with Crippen LogP contribution in [0, 0.1) is 0 Å². The molecule has 3 aromatic heterocycles. The largest absolute Gasteiger partial charge is 0.372 e. The molecule has 0 radical (unpaired) electrons. The highest BCUT2D eigenvalue weighted by Crippen LogP contribution is 2.40. The first-order valence-electron chi connectivity index (χ1n) is 15.6. The lowest BCUT2D eigenvalue weighted by molar-refractivity contribution is 0.981. The van der Waals surface area contributed by atoms with E-state index in [1.807, 2.05) is 12.3 Å². The molecule has 4 nitrogen and oxygen atoms in total. The van der Waals surface area contributed by atoms with Crippen LogP contribution in [-0.4, -0.2) is 15.0 Å². The number of hydrogen-bond donors (Lipinski definition) is 1. The van der Waals surface area contributed by atoms with Crippen molar-refractivity contribution in [2.45, 2.75) is 6.04 Å². The monoisotopic (exact) mass is 588 g/mol. The predicted octanol–water partition coefficient (Wildman–Crippen LogP) is 10.5. The van der Waals surface area contributed by atoms with Gasteiger partial charge in [-0.05, 0) is 52.6 Å². The van der Waals surface area contributed by atoms with Crippen LogP contribution in [0.2, 0.25) is 0 Å². The van der Waals surface area contributed by atoms with Crippen molar-refractivity contribution in [2.75, 3.05) is 5.32 Å². The normalized spacial score (nSPS) is 14.0. The van der Waals surface area contributed by atoms with Crippen LogP contribution in [0.5, 0.6) is 0 Å². The number of rotatable bonds is 4. The SMILES string of the molecule is C1=CC(c2ccccc2)Nc2c1ccc1ccc(-c3ccc4nc(-c5cccnc5)c5cccc(-c6ccccc6)c5c4c3)nc21. The van der Waals surface area contributed by atoms with Gasteiger partial charge in [0.1, 0.15) is 0 Å². The molecule has 0 fully saturated rings. The number of anilines is 1. The first kappa shape index (κ1) is 26.3. The fourth-order valence-corrected chi connectivity index (χ4v) is 6.71. The fourth-order valence-electron chi connectivity index (χ4n) is 6.71. The van der Waals surface area contributed by atoms with Gasteiger partial charge in [-0.2, -0.15) is 0 Å². The van der Waals surface area contributed by atoms with Crippen LogP contribution in [0.1, 0.15) is 17.2 Å². The van der Waals surface area contributed by atoms with Crippen LogP contribution < -0.4 is 5.32 Å². The maximum absolute atomic E-state index is 5.29. The zero-order valence-electron chi connectivity index (χ0n) is 24.9. The van der Waals surface area contributed by atoms with Crippen molar-refractivity contribution < 1.29 is 0 Å². The molecule has 1 aliphatic heterocycles. The quantitative estimate of drug-likeness (QED) is 0.208. The third-order valence-corrected chi connectivity index (χ3v) is 8.95. The number of aromatic nitrogens is 3. The van der Waals surface area contributed by atoms with E-state index in [9.17, 15) is 0 Å². The lowest BCUT2D eigenvalue weighted by Crippen LogP contribution is -2.12. The van der Waals surface area contributed by atoms with Gasteiger partial charge in [0, 0.05) is 45.1 Å². The van der Waals surface area contributed by atoms with Crippen LogP contribution in [0.4, 0.5) is 5.69 Å². The highest BCUT2D eigenvalue weighted by atomic mass is 14.9. The summed E-state index contributed by atoms with van der Waals surface area (Å²) in [5.74, 6) is 0. The Bertz CT molecular complexity index is 2440. The van der Waals surface area contributed by atoms with Gasteiger partial charge in [0.05, 0.1) is 34.2 Å². The number of nitrogens with one attached hydrogen (secondary N) is 1. The van der Waals surface area contributed by atoms with Gasteiger partial charge in [0.15, 0.2) is 0 Å². The molecule has 1 N–H and O–H groups in total. The standard InChI is InChI=1S/C42H28N4/c1-3-9-27(10-4-1)33-14-7-15-34-39(33)35-25-31(20-23-38(35)46-40(34)32-13-8-24-43-26-32)37-22-19-30-17-16-29-18-21-36(28-11-5-2-6-12-28)44-41(29)42(30)45-37/h1-26,36,44H. The van der Waals surface area contributed by atoms with Gasteiger partial charge in [-0.1, -0.05) is 115 Å². The molecule has 4 heterocycles. The minimum Gasteiger partial charge on any atom is -0.372 e. The zero-order valence-corrected chi connectivity index (χ0v) is 24.9. The van der Waals surface area contributed by atoms with Crippen molar-refractivity contribution in [1.29, 1.82) is 0 Å². The highest BCUT2D eigenvalue weighted by molar-refractivity contribution is 6.17. The summed E-state index contributed by atoms with van der Waals surface area (Å²) in [6.45, 7) is 0. The Balaban J connectivity index is 1.24. The summed E-state index contributed by atoms with van der Waals surface area (Å²) in [7, 11) is 0. The molecule has 9 rings (SSSR count). The second kappa shape index (κ2) is 10.8. The molecule has 0 bridgehead atoms. The van der Waals surface area contributed by atoms with E-state index < -0.39 is 0 Å². The summed E-state index contributed by atoms with van der Waals surface area (Å²) >= 11 is 0. The Morgan fingerprint density at radius 1 is 0.609 bits per heavy atom. The van der Waals surface area contributed by atoms with Crippen LogP contribution in [0.3, 0.4) is 0 Å². The molecular formula is C42H28N4. The minimum absolute atomic E-state index is 0.0910. The van der Waals surface area contributed by atoms with Crippen LogP contribution in [0.25, 0.3) is 72.3 Å². The van der Waals surface area contributed by atoms with E-state index in [-0.39, 0.29) is 6.04 Å². The third-order valence-electron chi connectivity index (χ3n) is 8.95. The van der Waals surface area contributed by atoms with Crippen molar-refractivity contribution in [3.63, 3.8) is 0 Å². The Morgan fingerprint density at radius 3 is 2.28 bits per heavy atom. The van der Waals surface area contributed by atoms with Crippen LogP contribution >= 0.6 is 0 Å². The Labute approximate surface area is 266 Å². The van der Waals surface area contributed by atoms with Gasteiger partial charge in [-0.3, -0.25) is 4.98 Å². The van der Waals surface area contributed by atoms with Crippen LogP contribution in [0.15, 0.2) is 152 Å². The number of benzene rings is 5. The summed E-state index contributed by atoms with van der Waals surface area (Å²) < 4.78 is 0. The summed E-state index contributed by atoms with van der Waals surface area (Å²) in [6.07, 6.45) is 8.12. The van der Waals surface area contributed by atoms with E-state index in [2.05, 4.69) is 150 Å². The summed E-state index contributed by atoms with van der Waals surface area (Å²) in [5, 5.41) is 8.25. The molecule has 0 saturated carbocycles. The van der Waals surface area contributed by atoms with E-state index in [1.54, 1.807) is 6.20 Å². The van der Waals surface area contributed by atoms with Crippen molar-refractivity contribution in [3.05, 3.63) is 163 Å². The van der Waals surface area contributed by atoms with Crippen molar-refractivity contribution in [2.24, 2.45) is 0 Å². The van der Waals surface area contributed by atoms with E-state index in [0.29, 0.717) is 0 Å². The van der Waals surface area contributed by atoms with Gasteiger partial charge >= 0.3 is 0 Å². The molecule has 1 aliphatic rings. The lowest BCUT2D eigenvalue weighted by atomic mass is 9.92. The Hall–Kier alpha value is -6.13. The van der Waals surface area contributed by atoms with Gasteiger partial charge in [0.2, 0.25) is 0 Å². The smallest absolute Gasteiger partial charge is 0.0947 e. The average molecular weight is 589 g/mol. The fraction of sp³-hybridized carbons (Fsp3) is 0.0238.